The Labute approximate surface area is 136 Å². The Bertz CT molecular complexity index is 751. The summed E-state index contributed by atoms with van der Waals surface area (Å²) in [5.74, 6) is 0.219. The topological polar surface area (TPSA) is 63.4 Å². The zero-order valence-electron chi connectivity index (χ0n) is 12.0. The third-order valence-corrected chi connectivity index (χ3v) is 4.87. The Hall–Kier alpha value is -2.41. The molecule has 2 aromatic rings. The van der Waals surface area contributed by atoms with Gasteiger partial charge in [0.2, 0.25) is 0 Å². The maximum absolute atomic E-state index is 13.4. The number of carbonyl (C=O) groups is 1. The minimum atomic E-state index is -0.504. The molecule has 1 fully saturated rings. The molecule has 1 aliphatic rings. The van der Waals surface area contributed by atoms with E-state index in [9.17, 15) is 19.3 Å². The van der Waals surface area contributed by atoms with Crippen LogP contribution in [0.3, 0.4) is 0 Å². The summed E-state index contributed by atoms with van der Waals surface area (Å²) in [6.07, 6.45) is 0. The Kier molecular flexibility index (Phi) is 4.29. The fourth-order valence-electron chi connectivity index (χ4n) is 2.51. The second kappa shape index (κ2) is 6.37. The van der Waals surface area contributed by atoms with Gasteiger partial charge in [-0.05, 0) is 29.8 Å². The number of benzene rings is 2. The normalized spacial score (nSPS) is 17.3. The molecule has 0 spiro atoms. The first-order valence-corrected chi connectivity index (χ1v) is 8.03. The van der Waals surface area contributed by atoms with E-state index in [1.54, 1.807) is 28.8 Å². The minimum Gasteiger partial charge on any atom is -0.322 e. The highest BCUT2D eigenvalue weighted by molar-refractivity contribution is 7.99. The standard InChI is InChI=1S/C16H13FN2O3S/c17-13-3-1-2-12(10-13)16-18(8-9-23-16)15(20)11-4-6-14(7-5-11)19(21)22/h1-7,10,16H,8-9H2. The number of thioether (sulfide) groups is 1. The van der Waals surface area contributed by atoms with Crippen LogP contribution in [-0.4, -0.2) is 28.0 Å². The SMILES string of the molecule is O=C(c1ccc([N+](=O)[O-])cc1)N1CCSC1c1cccc(F)c1. The van der Waals surface area contributed by atoms with Gasteiger partial charge in [0.05, 0.1) is 4.92 Å². The van der Waals surface area contributed by atoms with Gasteiger partial charge in [-0.1, -0.05) is 12.1 Å². The van der Waals surface area contributed by atoms with Crippen LogP contribution in [-0.2, 0) is 0 Å². The van der Waals surface area contributed by atoms with Crippen molar-refractivity contribution in [2.24, 2.45) is 0 Å². The van der Waals surface area contributed by atoms with E-state index in [4.69, 9.17) is 0 Å². The molecule has 1 saturated heterocycles. The van der Waals surface area contributed by atoms with Gasteiger partial charge >= 0.3 is 0 Å². The molecular formula is C16H13FN2O3S. The Morgan fingerprint density at radius 1 is 1.26 bits per heavy atom. The van der Waals surface area contributed by atoms with E-state index in [1.807, 2.05) is 0 Å². The molecule has 1 atom stereocenters. The number of amides is 1. The smallest absolute Gasteiger partial charge is 0.269 e. The largest absolute Gasteiger partial charge is 0.322 e. The summed E-state index contributed by atoms with van der Waals surface area (Å²) in [6.45, 7) is 0.557. The second-order valence-corrected chi connectivity index (χ2v) is 6.27. The lowest BCUT2D eigenvalue weighted by Gasteiger charge is -2.24. The van der Waals surface area contributed by atoms with Crippen molar-refractivity contribution < 1.29 is 14.1 Å². The molecule has 3 rings (SSSR count). The molecule has 0 aliphatic carbocycles. The van der Waals surface area contributed by atoms with Gasteiger partial charge in [-0.15, -0.1) is 11.8 Å². The molecule has 1 amide bonds. The van der Waals surface area contributed by atoms with E-state index >= 15 is 0 Å². The lowest BCUT2D eigenvalue weighted by atomic mass is 10.1. The van der Waals surface area contributed by atoms with Crippen molar-refractivity contribution in [2.75, 3.05) is 12.3 Å². The molecule has 2 aromatic carbocycles. The number of non-ortho nitro benzene ring substituents is 1. The summed E-state index contributed by atoms with van der Waals surface area (Å²) >= 11 is 1.57. The van der Waals surface area contributed by atoms with E-state index in [0.29, 0.717) is 12.1 Å². The van der Waals surface area contributed by atoms with Crippen molar-refractivity contribution in [3.8, 4) is 0 Å². The number of hydrogen-bond acceptors (Lipinski definition) is 4. The van der Waals surface area contributed by atoms with Crippen molar-refractivity contribution in [2.45, 2.75) is 5.37 Å². The van der Waals surface area contributed by atoms with Gasteiger partial charge in [-0.3, -0.25) is 14.9 Å². The highest BCUT2D eigenvalue weighted by Crippen LogP contribution is 2.38. The molecule has 5 nitrogen and oxygen atoms in total. The van der Waals surface area contributed by atoms with Gasteiger partial charge in [0.25, 0.3) is 11.6 Å². The third-order valence-electron chi connectivity index (χ3n) is 3.61. The molecule has 7 heteroatoms. The van der Waals surface area contributed by atoms with E-state index in [0.717, 1.165) is 11.3 Å². The summed E-state index contributed by atoms with van der Waals surface area (Å²) in [4.78, 5) is 24.5. The van der Waals surface area contributed by atoms with Crippen LogP contribution in [0.2, 0.25) is 0 Å². The van der Waals surface area contributed by atoms with E-state index in [-0.39, 0.29) is 22.8 Å². The molecule has 0 bridgehead atoms. The second-order valence-electron chi connectivity index (χ2n) is 5.08. The average Bonchev–Trinajstić information content (AvgIpc) is 3.04. The number of halogens is 1. The maximum Gasteiger partial charge on any atom is 0.269 e. The molecule has 0 radical (unpaired) electrons. The van der Waals surface area contributed by atoms with Crippen LogP contribution in [0.25, 0.3) is 0 Å². The van der Waals surface area contributed by atoms with E-state index in [1.165, 1.54) is 36.4 Å². The number of nitrogens with zero attached hydrogens (tertiary/aromatic N) is 2. The quantitative estimate of drug-likeness (QED) is 0.636. The predicted molar refractivity (Wildman–Crippen MR) is 85.7 cm³/mol. The zero-order valence-corrected chi connectivity index (χ0v) is 12.8. The van der Waals surface area contributed by atoms with E-state index < -0.39 is 4.92 Å². The Morgan fingerprint density at radius 2 is 2.00 bits per heavy atom. The summed E-state index contributed by atoms with van der Waals surface area (Å²) in [5, 5.41) is 10.4. The van der Waals surface area contributed by atoms with Crippen LogP contribution in [0.5, 0.6) is 0 Å². The van der Waals surface area contributed by atoms with Crippen molar-refractivity contribution in [3.05, 3.63) is 75.6 Å². The summed E-state index contributed by atoms with van der Waals surface area (Å²) in [7, 11) is 0. The number of carbonyl (C=O) groups excluding carboxylic acids is 1. The average molecular weight is 332 g/mol. The van der Waals surface area contributed by atoms with Crippen LogP contribution < -0.4 is 0 Å². The van der Waals surface area contributed by atoms with Gasteiger partial charge in [-0.25, -0.2) is 4.39 Å². The molecule has 0 saturated carbocycles. The van der Waals surface area contributed by atoms with Crippen molar-refractivity contribution in [1.29, 1.82) is 0 Å². The van der Waals surface area contributed by atoms with Crippen molar-refractivity contribution in [3.63, 3.8) is 0 Å². The Morgan fingerprint density at radius 3 is 2.65 bits per heavy atom. The van der Waals surface area contributed by atoms with Gasteiger partial charge in [0, 0.05) is 30.0 Å². The predicted octanol–water partition coefficient (Wildman–Crippen LogP) is 3.62. The minimum absolute atomic E-state index is 0.0565. The Balaban J connectivity index is 1.84. The maximum atomic E-state index is 13.4. The lowest BCUT2D eigenvalue weighted by Crippen LogP contribution is -2.30. The molecule has 23 heavy (non-hydrogen) atoms. The van der Waals surface area contributed by atoms with Gasteiger partial charge in [0.15, 0.2) is 0 Å². The molecule has 118 valence electrons. The fraction of sp³-hybridized carbons (Fsp3) is 0.188. The number of rotatable bonds is 3. The van der Waals surface area contributed by atoms with Gasteiger partial charge in [0.1, 0.15) is 11.2 Å². The van der Waals surface area contributed by atoms with Crippen LogP contribution in [0.1, 0.15) is 21.3 Å². The van der Waals surface area contributed by atoms with Gasteiger partial charge in [-0.2, -0.15) is 0 Å². The summed E-state index contributed by atoms with van der Waals surface area (Å²) in [5.41, 5.74) is 1.07. The first kappa shape index (κ1) is 15.5. The highest BCUT2D eigenvalue weighted by atomic mass is 32.2. The molecular weight excluding hydrogens is 319 g/mol. The molecule has 0 aromatic heterocycles. The van der Waals surface area contributed by atoms with Crippen LogP contribution in [0.4, 0.5) is 10.1 Å². The zero-order chi connectivity index (χ0) is 16.4. The van der Waals surface area contributed by atoms with Crippen LogP contribution in [0.15, 0.2) is 48.5 Å². The molecule has 1 unspecified atom stereocenters. The third kappa shape index (κ3) is 3.19. The monoisotopic (exact) mass is 332 g/mol. The molecule has 1 heterocycles. The van der Waals surface area contributed by atoms with Gasteiger partial charge < -0.3 is 4.90 Å². The first-order chi connectivity index (χ1) is 11.1. The molecule has 0 N–H and O–H groups in total. The van der Waals surface area contributed by atoms with E-state index in [2.05, 4.69) is 0 Å². The summed E-state index contributed by atoms with van der Waals surface area (Å²) in [6, 6.07) is 11.7. The molecule has 1 aliphatic heterocycles. The number of hydrogen-bond donors (Lipinski definition) is 0. The highest BCUT2D eigenvalue weighted by Gasteiger charge is 2.31. The van der Waals surface area contributed by atoms with Crippen LogP contribution >= 0.6 is 11.8 Å². The van der Waals surface area contributed by atoms with Crippen molar-refractivity contribution in [1.82, 2.24) is 4.90 Å². The number of nitro groups is 1. The van der Waals surface area contributed by atoms with Crippen molar-refractivity contribution >= 4 is 23.4 Å². The lowest BCUT2D eigenvalue weighted by molar-refractivity contribution is -0.384. The first-order valence-electron chi connectivity index (χ1n) is 6.99. The number of nitro benzene ring substituents is 1. The summed E-state index contributed by atoms with van der Waals surface area (Å²) < 4.78 is 13.4. The fourth-order valence-corrected chi connectivity index (χ4v) is 3.75. The van der Waals surface area contributed by atoms with Crippen LogP contribution in [0, 0.1) is 15.9 Å².